The van der Waals surface area contributed by atoms with E-state index in [-0.39, 0.29) is 0 Å². The Hall–Kier alpha value is -0.430. The third kappa shape index (κ3) is 11.6. The fourth-order valence-electron chi connectivity index (χ4n) is 0.557. The van der Waals surface area contributed by atoms with E-state index >= 15 is 0 Å². The van der Waals surface area contributed by atoms with Crippen molar-refractivity contribution in [1.29, 1.82) is 0 Å². The number of benzene rings is 1. The number of thioether (sulfide) groups is 1. The molecule has 0 N–H and O–H groups in total. The Morgan fingerprint density at radius 2 is 1.38 bits per heavy atom. The number of hydrogen-bond donors (Lipinski definition) is 0. The zero-order chi connectivity index (χ0) is 10.5. The lowest BCUT2D eigenvalue weighted by Gasteiger charge is -1.89. The van der Waals surface area contributed by atoms with E-state index in [0.29, 0.717) is 0 Å². The Morgan fingerprint density at radius 1 is 1.00 bits per heavy atom. The largest absolute Gasteiger partial charge is 0.130 e. The van der Waals surface area contributed by atoms with Crippen molar-refractivity contribution in [1.82, 2.24) is 0 Å². The highest BCUT2D eigenvalue weighted by Gasteiger charge is 1.80. The summed E-state index contributed by atoms with van der Waals surface area (Å²) in [5, 5.41) is 0. The third-order valence-corrected chi connectivity index (χ3v) is 1.72. The van der Waals surface area contributed by atoms with Gasteiger partial charge in [0.1, 0.15) is 0 Å². The van der Waals surface area contributed by atoms with Gasteiger partial charge < -0.3 is 0 Å². The summed E-state index contributed by atoms with van der Waals surface area (Å²) in [6, 6.07) is 10.3. The van der Waals surface area contributed by atoms with E-state index in [9.17, 15) is 0 Å². The summed E-state index contributed by atoms with van der Waals surface area (Å²) in [5.41, 5.74) is 0. The van der Waals surface area contributed by atoms with Gasteiger partial charge in [0.25, 0.3) is 0 Å². The molecule has 0 unspecified atom stereocenters. The predicted molar refractivity (Wildman–Crippen MR) is 65.5 cm³/mol. The molecular formula is C12H22S. The standard InChI is InChI=1S/C7H8S.C3H8.C2H6/c1-8-7-5-3-2-4-6-7;1-3-2;1-2/h2-6H,1H3;3H2,1-2H3;1-2H3. The first-order valence-corrected chi connectivity index (χ1v) is 6.16. The molecular weight excluding hydrogens is 176 g/mol. The van der Waals surface area contributed by atoms with Crippen LogP contribution in [0.4, 0.5) is 0 Å². The minimum Gasteiger partial charge on any atom is -0.130 e. The fourth-order valence-corrected chi connectivity index (χ4v) is 0.986. The smallest absolute Gasteiger partial charge is 0.00691 e. The number of hydrogen-bond acceptors (Lipinski definition) is 1. The topological polar surface area (TPSA) is 0 Å². The van der Waals surface area contributed by atoms with Gasteiger partial charge in [-0.15, -0.1) is 11.8 Å². The molecule has 0 aliphatic carbocycles. The van der Waals surface area contributed by atoms with E-state index in [0.717, 1.165) is 0 Å². The highest BCUT2D eigenvalue weighted by Crippen LogP contribution is 2.11. The molecule has 76 valence electrons. The molecule has 0 fully saturated rings. The Labute approximate surface area is 87.8 Å². The molecule has 1 rings (SSSR count). The molecule has 0 bridgehead atoms. The SMILES string of the molecule is CC.CCC.CSc1ccccc1. The molecule has 1 aromatic carbocycles. The Bertz CT molecular complexity index is 158. The number of rotatable bonds is 1. The molecule has 0 amide bonds. The van der Waals surface area contributed by atoms with Gasteiger partial charge in [-0.25, -0.2) is 0 Å². The van der Waals surface area contributed by atoms with Gasteiger partial charge in [0, 0.05) is 4.90 Å². The van der Waals surface area contributed by atoms with Crippen LogP contribution in [0.15, 0.2) is 35.2 Å². The summed E-state index contributed by atoms with van der Waals surface area (Å²) in [6.45, 7) is 8.25. The van der Waals surface area contributed by atoms with Crippen LogP contribution < -0.4 is 0 Å². The van der Waals surface area contributed by atoms with Crippen LogP contribution in [0.5, 0.6) is 0 Å². The lowest BCUT2D eigenvalue weighted by Crippen LogP contribution is -1.62. The van der Waals surface area contributed by atoms with E-state index in [1.165, 1.54) is 11.3 Å². The summed E-state index contributed by atoms with van der Waals surface area (Å²) in [6.07, 6.45) is 3.33. The molecule has 0 saturated carbocycles. The van der Waals surface area contributed by atoms with Crippen molar-refractivity contribution < 1.29 is 0 Å². The van der Waals surface area contributed by atoms with Crippen molar-refractivity contribution in [3.63, 3.8) is 0 Å². The van der Waals surface area contributed by atoms with Crippen molar-refractivity contribution in [3.05, 3.63) is 30.3 Å². The highest BCUT2D eigenvalue weighted by molar-refractivity contribution is 7.98. The van der Waals surface area contributed by atoms with E-state index < -0.39 is 0 Å². The minimum absolute atomic E-state index is 1.25. The van der Waals surface area contributed by atoms with Crippen LogP contribution in [0.1, 0.15) is 34.1 Å². The Morgan fingerprint density at radius 3 is 1.62 bits per heavy atom. The van der Waals surface area contributed by atoms with Gasteiger partial charge in [-0.3, -0.25) is 0 Å². The monoisotopic (exact) mass is 198 g/mol. The summed E-state index contributed by atoms with van der Waals surface area (Å²) < 4.78 is 0. The Kier molecular flexibility index (Phi) is 16.4. The maximum Gasteiger partial charge on any atom is 0.00691 e. The molecule has 0 heterocycles. The zero-order valence-electron chi connectivity index (χ0n) is 9.50. The van der Waals surface area contributed by atoms with E-state index in [1.807, 2.05) is 32.0 Å². The molecule has 0 aromatic heterocycles. The first-order chi connectivity index (χ1) is 6.35. The summed E-state index contributed by atoms with van der Waals surface area (Å²) in [4.78, 5) is 1.33. The molecule has 0 aliphatic heterocycles. The van der Waals surface area contributed by atoms with E-state index in [4.69, 9.17) is 0 Å². The average Bonchev–Trinajstić information content (AvgIpc) is 2.23. The lowest BCUT2D eigenvalue weighted by molar-refractivity contribution is 1.09. The van der Waals surface area contributed by atoms with Crippen LogP contribution in [0.2, 0.25) is 0 Å². The molecule has 1 aromatic rings. The van der Waals surface area contributed by atoms with Gasteiger partial charge >= 0.3 is 0 Å². The van der Waals surface area contributed by atoms with Crippen LogP contribution in [0.3, 0.4) is 0 Å². The van der Waals surface area contributed by atoms with E-state index in [1.54, 1.807) is 11.8 Å². The van der Waals surface area contributed by atoms with Crippen LogP contribution in [0, 0.1) is 0 Å². The molecule has 0 radical (unpaired) electrons. The van der Waals surface area contributed by atoms with Crippen molar-refractivity contribution in [2.45, 2.75) is 39.0 Å². The van der Waals surface area contributed by atoms with Gasteiger partial charge in [-0.2, -0.15) is 0 Å². The average molecular weight is 198 g/mol. The van der Waals surface area contributed by atoms with E-state index in [2.05, 4.69) is 32.2 Å². The predicted octanol–water partition coefficient (Wildman–Crippen LogP) is 4.85. The van der Waals surface area contributed by atoms with Crippen LogP contribution in [0.25, 0.3) is 0 Å². The van der Waals surface area contributed by atoms with Crippen molar-refractivity contribution in [2.75, 3.05) is 6.26 Å². The van der Waals surface area contributed by atoms with Gasteiger partial charge in [0.2, 0.25) is 0 Å². The molecule has 0 aliphatic rings. The first-order valence-electron chi connectivity index (χ1n) is 4.94. The zero-order valence-corrected chi connectivity index (χ0v) is 10.3. The van der Waals surface area contributed by atoms with Crippen molar-refractivity contribution in [2.24, 2.45) is 0 Å². The highest BCUT2D eigenvalue weighted by atomic mass is 32.2. The van der Waals surface area contributed by atoms with Crippen LogP contribution in [-0.2, 0) is 0 Å². The molecule has 0 atom stereocenters. The summed E-state index contributed by atoms with van der Waals surface area (Å²) in [7, 11) is 0. The minimum atomic E-state index is 1.25. The maximum absolute atomic E-state index is 2.12. The van der Waals surface area contributed by atoms with Crippen molar-refractivity contribution in [3.8, 4) is 0 Å². The second kappa shape index (κ2) is 14.1. The van der Waals surface area contributed by atoms with Gasteiger partial charge in [0.15, 0.2) is 0 Å². The van der Waals surface area contributed by atoms with Gasteiger partial charge in [0.05, 0.1) is 0 Å². The second-order valence-corrected chi connectivity index (χ2v) is 3.10. The molecule has 13 heavy (non-hydrogen) atoms. The second-order valence-electron chi connectivity index (χ2n) is 2.22. The van der Waals surface area contributed by atoms with Gasteiger partial charge in [-0.05, 0) is 18.4 Å². The van der Waals surface area contributed by atoms with Gasteiger partial charge in [-0.1, -0.05) is 52.3 Å². The molecule has 0 saturated heterocycles. The first kappa shape index (κ1) is 15.1. The Balaban J connectivity index is 0. The third-order valence-electron chi connectivity index (χ3n) is 0.979. The summed E-state index contributed by atoms with van der Waals surface area (Å²) in [5.74, 6) is 0. The molecule has 1 heteroatoms. The molecule has 0 spiro atoms. The lowest BCUT2D eigenvalue weighted by atomic mass is 10.4. The van der Waals surface area contributed by atoms with Crippen molar-refractivity contribution >= 4 is 11.8 Å². The van der Waals surface area contributed by atoms with Crippen LogP contribution >= 0.6 is 11.8 Å². The molecule has 0 nitrogen and oxygen atoms in total. The quantitative estimate of drug-likeness (QED) is 0.581. The maximum atomic E-state index is 2.12. The normalized spacial score (nSPS) is 7.46. The van der Waals surface area contributed by atoms with Crippen LogP contribution in [-0.4, -0.2) is 6.26 Å². The summed E-state index contributed by atoms with van der Waals surface area (Å²) >= 11 is 1.77. The fraction of sp³-hybridized carbons (Fsp3) is 0.500.